The Bertz CT molecular complexity index is 643. The van der Waals surface area contributed by atoms with Crippen molar-refractivity contribution in [1.29, 1.82) is 0 Å². The van der Waals surface area contributed by atoms with Crippen molar-refractivity contribution in [3.8, 4) is 0 Å². The number of ether oxygens (including phenoxy) is 2. The Labute approximate surface area is 143 Å². The van der Waals surface area contributed by atoms with Crippen molar-refractivity contribution in [2.24, 2.45) is 0 Å². The first-order valence-electron chi connectivity index (χ1n) is 7.56. The summed E-state index contributed by atoms with van der Waals surface area (Å²) in [5.41, 5.74) is -1.48. The first-order valence-corrected chi connectivity index (χ1v) is 7.56. The second-order valence-electron chi connectivity index (χ2n) is 5.85. The van der Waals surface area contributed by atoms with Gasteiger partial charge < -0.3 is 24.8 Å². The molecular weight excluding hydrogens is 335 g/mol. The van der Waals surface area contributed by atoms with Gasteiger partial charge in [0.25, 0.3) is 0 Å². The summed E-state index contributed by atoms with van der Waals surface area (Å²) >= 11 is 0. The van der Waals surface area contributed by atoms with E-state index in [0.29, 0.717) is 5.56 Å². The van der Waals surface area contributed by atoms with E-state index in [1.54, 1.807) is 0 Å². The maximum Gasteiger partial charge on any atom is 0.338 e. The number of esters is 2. The van der Waals surface area contributed by atoms with Gasteiger partial charge in [-0.3, -0.25) is 0 Å². The third-order valence-electron chi connectivity index (χ3n) is 3.95. The number of carbonyl (C=O) groups is 2. The topological polar surface area (TPSA) is 113 Å². The molecule has 0 bridgehead atoms. The second-order valence-corrected chi connectivity index (χ2v) is 5.85. The van der Waals surface area contributed by atoms with E-state index in [1.807, 2.05) is 0 Å². The van der Waals surface area contributed by atoms with E-state index in [0.717, 1.165) is 13.2 Å². The van der Waals surface area contributed by atoms with Crippen LogP contribution < -0.4 is 0 Å². The van der Waals surface area contributed by atoms with Crippen LogP contribution in [0.3, 0.4) is 0 Å². The van der Waals surface area contributed by atoms with Crippen LogP contribution in [0.4, 0.5) is 4.39 Å². The molecule has 1 aliphatic rings. The van der Waals surface area contributed by atoms with Crippen LogP contribution in [0, 0.1) is 5.82 Å². The number of halogens is 1. The summed E-state index contributed by atoms with van der Waals surface area (Å²) in [5, 5.41) is 30.2. The van der Waals surface area contributed by atoms with Gasteiger partial charge in [-0.25, -0.2) is 14.0 Å². The predicted molar refractivity (Wildman–Crippen MR) is 83.5 cm³/mol. The SMILES string of the molecule is COC(=O)C1(O)C[C@@H](O)C(OC(=O)/C=C/c2ccc(F)cc2)[C@H](O)C1. The molecule has 2 rings (SSSR count). The predicted octanol–water partition coefficient (Wildman–Crippen LogP) is 0.170. The molecule has 3 N–H and O–H groups in total. The molecule has 25 heavy (non-hydrogen) atoms. The lowest BCUT2D eigenvalue weighted by atomic mass is 9.79. The highest BCUT2D eigenvalue weighted by Crippen LogP contribution is 2.32. The van der Waals surface area contributed by atoms with Gasteiger partial charge in [0.05, 0.1) is 19.3 Å². The second kappa shape index (κ2) is 7.73. The van der Waals surface area contributed by atoms with Crippen LogP contribution in [0.15, 0.2) is 30.3 Å². The molecule has 1 fully saturated rings. The number of carbonyl (C=O) groups excluding carboxylic acids is 2. The van der Waals surface area contributed by atoms with E-state index in [1.165, 1.54) is 30.3 Å². The molecule has 0 spiro atoms. The quantitative estimate of drug-likeness (QED) is 0.522. The fourth-order valence-corrected chi connectivity index (χ4v) is 2.69. The molecular formula is C17H19FO7. The van der Waals surface area contributed by atoms with Crippen molar-refractivity contribution >= 4 is 18.0 Å². The van der Waals surface area contributed by atoms with E-state index >= 15 is 0 Å². The highest BCUT2D eigenvalue weighted by atomic mass is 19.1. The van der Waals surface area contributed by atoms with E-state index in [4.69, 9.17) is 4.74 Å². The molecule has 8 heteroatoms. The maximum absolute atomic E-state index is 12.8. The van der Waals surface area contributed by atoms with Crippen LogP contribution in [0.25, 0.3) is 6.08 Å². The van der Waals surface area contributed by atoms with Crippen LogP contribution >= 0.6 is 0 Å². The minimum absolute atomic E-state index is 0.411. The number of aliphatic hydroxyl groups is 3. The summed E-state index contributed by atoms with van der Waals surface area (Å²) in [7, 11) is 1.07. The number of rotatable bonds is 4. The first kappa shape index (κ1) is 19.0. The van der Waals surface area contributed by atoms with Gasteiger partial charge in [-0.1, -0.05) is 12.1 Å². The Hall–Kier alpha value is -2.29. The van der Waals surface area contributed by atoms with E-state index < -0.39 is 54.5 Å². The van der Waals surface area contributed by atoms with E-state index in [9.17, 15) is 29.3 Å². The van der Waals surface area contributed by atoms with Crippen LogP contribution in [0.1, 0.15) is 18.4 Å². The Morgan fingerprint density at radius 1 is 1.20 bits per heavy atom. The van der Waals surface area contributed by atoms with Gasteiger partial charge in [-0.15, -0.1) is 0 Å². The zero-order valence-corrected chi connectivity index (χ0v) is 13.5. The monoisotopic (exact) mass is 354 g/mol. The fraction of sp³-hybridized carbons (Fsp3) is 0.412. The third-order valence-corrected chi connectivity index (χ3v) is 3.95. The Morgan fingerprint density at radius 2 is 1.76 bits per heavy atom. The molecule has 0 aromatic heterocycles. The lowest BCUT2D eigenvalue weighted by Crippen LogP contribution is -2.57. The molecule has 1 aliphatic carbocycles. The minimum atomic E-state index is -2.04. The van der Waals surface area contributed by atoms with Crippen molar-refractivity contribution in [3.05, 3.63) is 41.7 Å². The zero-order valence-electron chi connectivity index (χ0n) is 13.5. The van der Waals surface area contributed by atoms with Gasteiger partial charge in [0.1, 0.15) is 5.82 Å². The summed E-state index contributed by atoms with van der Waals surface area (Å²) in [6.45, 7) is 0. The summed E-state index contributed by atoms with van der Waals surface area (Å²) < 4.78 is 22.3. The van der Waals surface area contributed by atoms with Gasteiger partial charge in [0.2, 0.25) is 0 Å². The molecule has 0 unspecified atom stereocenters. The maximum atomic E-state index is 12.8. The van der Waals surface area contributed by atoms with Crippen LogP contribution in [0.2, 0.25) is 0 Å². The van der Waals surface area contributed by atoms with E-state index in [2.05, 4.69) is 4.74 Å². The summed E-state index contributed by atoms with van der Waals surface area (Å²) in [5.74, 6) is -2.23. The average molecular weight is 354 g/mol. The molecule has 0 radical (unpaired) electrons. The first-order chi connectivity index (χ1) is 11.7. The molecule has 1 aromatic carbocycles. The average Bonchev–Trinajstić information content (AvgIpc) is 2.57. The Morgan fingerprint density at radius 3 is 2.28 bits per heavy atom. The van der Waals surface area contributed by atoms with Crippen molar-refractivity contribution in [2.45, 2.75) is 36.8 Å². The number of hydrogen-bond donors (Lipinski definition) is 3. The normalized spacial score (nSPS) is 29.4. The standard InChI is InChI=1S/C17H19FO7/c1-24-16(22)17(23)8-12(19)15(13(20)9-17)25-14(21)7-4-10-2-5-11(18)6-3-10/h2-7,12-13,15,19-20,23H,8-9H2,1H3/b7-4+/t12-,13-,15?,17?/m1/s1. The van der Waals surface area contributed by atoms with Crippen LogP contribution in [-0.4, -0.2) is 58.3 Å². The summed E-state index contributed by atoms with van der Waals surface area (Å²) in [6, 6.07) is 5.38. The van der Waals surface area contributed by atoms with Gasteiger partial charge >= 0.3 is 11.9 Å². The molecule has 0 heterocycles. The molecule has 136 valence electrons. The van der Waals surface area contributed by atoms with Gasteiger partial charge in [-0.05, 0) is 23.8 Å². The smallest absolute Gasteiger partial charge is 0.338 e. The van der Waals surface area contributed by atoms with Crippen molar-refractivity contribution in [1.82, 2.24) is 0 Å². The number of aliphatic hydroxyl groups excluding tert-OH is 2. The molecule has 0 saturated heterocycles. The summed E-state index contributed by atoms with van der Waals surface area (Å²) in [4.78, 5) is 23.4. The highest BCUT2D eigenvalue weighted by Gasteiger charge is 2.50. The number of methoxy groups -OCH3 is 1. The molecule has 2 atom stereocenters. The highest BCUT2D eigenvalue weighted by molar-refractivity contribution is 5.87. The Kier molecular flexibility index (Phi) is 5.89. The zero-order chi connectivity index (χ0) is 18.6. The van der Waals surface area contributed by atoms with Crippen molar-refractivity contribution in [3.63, 3.8) is 0 Å². The van der Waals surface area contributed by atoms with Crippen molar-refractivity contribution < 1.29 is 38.8 Å². The van der Waals surface area contributed by atoms with Gasteiger partial charge in [-0.2, -0.15) is 0 Å². The van der Waals surface area contributed by atoms with Crippen molar-refractivity contribution in [2.75, 3.05) is 7.11 Å². The third kappa shape index (κ3) is 4.62. The fourth-order valence-electron chi connectivity index (χ4n) is 2.69. The van der Waals surface area contributed by atoms with Gasteiger partial charge in [0, 0.05) is 18.9 Å². The minimum Gasteiger partial charge on any atom is -0.467 e. The molecule has 1 saturated carbocycles. The van der Waals surface area contributed by atoms with E-state index in [-0.39, 0.29) is 0 Å². The largest absolute Gasteiger partial charge is 0.467 e. The lowest BCUT2D eigenvalue weighted by molar-refractivity contribution is -0.198. The number of hydrogen-bond acceptors (Lipinski definition) is 7. The Balaban J connectivity index is 1.99. The lowest BCUT2D eigenvalue weighted by Gasteiger charge is -2.39. The molecule has 0 amide bonds. The number of benzene rings is 1. The van der Waals surface area contributed by atoms with Crippen LogP contribution in [-0.2, 0) is 19.1 Å². The summed E-state index contributed by atoms with van der Waals surface area (Å²) in [6.07, 6.45) is -2.61. The molecule has 1 aromatic rings. The van der Waals surface area contributed by atoms with Gasteiger partial charge in [0.15, 0.2) is 11.7 Å². The molecule has 0 aliphatic heterocycles. The van der Waals surface area contributed by atoms with Crippen LogP contribution in [0.5, 0.6) is 0 Å². The molecule has 7 nitrogen and oxygen atoms in total.